The van der Waals surface area contributed by atoms with E-state index in [1.807, 2.05) is 17.5 Å². The van der Waals surface area contributed by atoms with Crippen molar-refractivity contribution in [1.82, 2.24) is 5.32 Å². The summed E-state index contributed by atoms with van der Waals surface area (Å²) in [7, 11) is 0. The van der Waals surface area contributed by atoms with Gasteiger partial charge in [-0.3, -0.25) is 4.79 Å². The molecule has 0 aliphatic carbocycles. The molecule has 20 heavy (non-hydrogen) atoms. The van der Waals surface area contributed by atoms with E-state index in [9.17, 15) is 4.79 Å². The Morgan fingerprint density at radius 3 is 2.65 bits per heavy atom. The average Bonchev–Trinajstić information content (AvgIpc) is 2.97. The third kappa shape index (κ3) is 4.39. The predicted octanol–water partition coefficient (Wildman–Crippen LogP) is 4.42. The fraction of sp³-hybridized carbons (Fsp3) is 0.312. The Labute approximate surface area is 128 Å². The minimum Gasteiger partial charge on any atom is -0.349 e. The molecule has 1 N–H and O–H groups in total. The van der Waals surface area contributed by atoms with Crippen LogP contribution in [0.4, 0.5) is 0 Å². The molecule has 4 heteroatoms. The van der Waals surface area contributed by atoms with Crippen LogP contribution in [0.3, 0.4) is 0 Å². The SMILES string of the molecule is CCC(NC(=O)CSc1cccs1)c1ccc(C)cc1. The van der Waals surface area contributed by atoms with Crippen molar-refractivity contribution in [3.05, 3.63) is 52.9 Å². The van der Waals surface area contributed by atoms with Gasteiger partial charge in [-0.05, 0) is 30.4 Å². The quantitative estimate of drug-likeness (QED) is 0.801. The highest BCUT2D eigenvalue weighted by Crippen LogP contribution is 2.23. The lowest BCUT2D eigenvalue weighted by Crippen LogP contribution is -2.29. The molecular weight excluding hydrogens is 286 g/mol. The lowest BCUT2D eigenvalue weighted by molar-refractivity contribution is -0.119. The summed E-state index contributed by atoms with van der Waals surface area (Å²) in [4.78, 5) is 12.0. The van der Waals surface area contributed by atoms with Crippen molar-refractivity contribution in [2.24, 2.45) is 0 Å². The number of thioether (sulfide) groups is 1. The predicted molar refractivity (Wildman–Crippen MR) is 87.4 cm³/mol. The second kappa shape index (κ2) is 7.50. The summed E-state index contributed by atoms with van der Waals surface area (Å²) < 4.78 is 1.18. The molecule has 1 unspecified atom stereocenters. The topological polar surface area (TPSA) is 29.1 Å². The zero-order chi connectivity index (χ0) is 14.4. The summed E-state index contributed by atoms with van der Waals surface area (Å²) in [6, 6.07) is 12.5. The Morgan fingerprint density at radius 2 is 2.05 bits per heavy atom. The molecule has 2 aromatic rings. The monoisotopic (exact) mass is 305 g/mol. The second-order valence-corrected chi connectivity index (χ2v) is 6.88. The van der Waals surface area contributed by atoms with Crippen molar-refractivity contribution in [3.8, 4) is 0 Å². The van der Waals surface area contributed by atoms with Gasteiger partial charge in [0.2, 0.25) is 5.91 Å². The van der Waals surface area contributed by atoms with Crippen LogP contribution in [0.2, 0.25) is 0 Å². The zero-order valence-corrected chi connectivity index (χ0v) is 13.4. The van der Waals surface area contributed by atoms with Crippen molar-refractivity contribution in [1.29, 1.82) is 0 Å². The first-order chi connectivity index (χ1) is 9.69. The van der Waals surface area contributed by atoms with Gasteiger partial charge in [-0.1, -0.05) is 42.8 Å². The standard InChI is InChI=1S/C16H19NOS2/c1-3-14(13-8-6-12(2)7-9-13)17-15(18)11-20-16-5-4-10-19-16/h4-10,14H,3,11H2,1-2H3,(H,17,18). The van der Waals surface area contributed by atoms with Crippen LogP contribution in [0.15, 0.2) is 46.0 Å². The first kappa shape index (κ1) is 15.1. The molecule has 1 aromatic carbocycles. The fourth-order valence-electron chi connectivity index (χ4n) is 1.94. The van der Waals surface area contributed by atoms with E-state index in [4.69, 9.17) is 0 Å². The summed E-state index contributed by atoms with van der Waals surface area (Å²) in [6.45, 7) is 4.16. The lowest BCUT2D eigenvalue weighted by atomic mass is 10.0. The molecule has 1 amide bonds. The maximum absolute atomic E-state index is 12.0. The summed E-state index contributed by atoms with van der Waals surface area (Å²) in [5.74, 6) is 0.568. The number of carbonyl (C=O) groups excluding carboxylic acids is 1. The van der Waals surface area contributed by atoms with Gasteiger partial charge in [0.25, 0.3) is 0 Å². The smallest absolute Gasteiger partial charge is 0.230 e. The Kier molecular flexibility index (Phi) is 5.68. The van der Waals surface area contributed by atoms with Gasteiger partial charge < -0.3 is 5.32 Å². The number of nitrogens with one attached hydrogen (secondary N) is 1. The molecule has 1 atom stereocenters. The minimum atomic E-state index is 0.0934. The lowest BCUT2D eigenvalue weighted by Gasteiger charge is -2.17. The second-order valence-electron chi connectivity index (χ2n) is 4.66. The minimum absolute atomic E-state index is 0.0934. The Hall–Kier alpha value is -1.26. The number of benzene rings is 1. The van der Waals surface area contributed by atoms with Gasteiger partial charge in [-0.15, -0.1) is 23.1 Å². The van der Waals surface area contributed by atoms with Gasteiger partial charge in [0.1, 0.15) is 0 Å². The maximum atomic E-state index is 12.0. The Morgan fingerprint density at radius 1 is 1.30 bits per heavy atom. The van der Waals surface area contributed by atoms with Crippen molar-refractivity contribution in [2.45, 2.75) is 30.5 Å². The highest BCUT2D eigenvalue weighted by molar-refractivity contribution is 8.01. The summed E-state index contributed by atoms with van der Waals surface area (Å²) >= 11 is 3.26. The van der Waals surface area contributed by atoms with E-state index < -0.39 is 0 Å². The third-order valence-corrected chi connectivity index (χ3v) is 5.19. The summed E-state index contributed by atoms with van der Waals surface area (Å²) in [6.07, 6.45) is 0.901. The molecule has 0 aliphatic rings. The van der Waals surface area contributed by atoms with Crippen LogP contribution in [0.1, 0.15) is 30.5 Å². The number of aryl methyl sites for hydroxylation is 1. The number of hydrogen-bond donors (Lipinski definition) is 1. The average molecular weight is 305 g/mol. The van der Waals surface area contributed by atoms with Crippen molar-refractivity contribution in [3.63, 3.8) is 0 Å². The normalized spacial score (nSPS) is 12.1. The first-order valence-electron chi connectivity index (χ1n) is 6.71. The van der Waals surface area contributed by atoms with Crippen LogP contribution < -0.4 is 5.32 Å². The summed E-state index contributed by atoms with van der Waals surface area (Å²) in [5.41, 5.74) is 2.41. The zero-order valence-electron chi connectivity index (χ0n) is 11.8. The van der Waals surface area contributed by atoms with Crippen LogP contribution in [-0.4, -0.2) is 11.7 Å². The van der Waals surface area contributed by atoms with Gasteiger partial charge >= 0.3 is 0 Å². The first-order valence-corrected chi connectivity index (χ1v) is 8.57. The van der Waals surface area contributed by atoms with Gasteiger partial charge in [-0.2, -0.15) is 0 Å². The van der Waals surface area contributed by atoms with Crippen molar-refractivity contribution >= 4 is 29.0 Å². The molecule has 106 valence electrons. The largest absolute Gasteiger partial charge is 0.349 e. The molecule has 0 spiro atoms. The van der Waals surface area contributed by atoms with Crippen molar-refractivity contribution in [2.75, 3.05) is 5.75 Å². The van der Waals surface area contributed by atoms with Crippen LogP contribution in [0.25, 0.3) is 0 Å². The van der Waals surface area contributed by atoms with E-state index in [0.717, 1.165) is 6.42 Å². The number of hydrogen-bond acceptors (Lipinski definition) is 3. The Bertz CT molecular complexity index is 534. The van der Waals surface area contributed by atoms with Gasteiger partial charge in [-0.25, -0.2) is 0 Å². The van der Waals surface area contributed by atoms with Crippen LogP contribution in [0, 0.1) is 6.92 Å². The fourth-order valence-corrected chi connectivity index (χ4v) is 3.53. The number of thiophene rings is 1. The van der Waals surface area contributed by atoms with Crippen LogP contribution in [-0.2, 0) is 4.79 Å². The van der Waals surface area contributed by atoms with Crippen LogP contribution in [0.5, 0.6) is 0 Å². The molecule has 0 aliphatic heterocycles. The molecule has 1 heterocycles. The number of rotatable bonds is 6. The van der Waals surface area contributed by atoms with E-state index in [1.54, 1.807) is 23.1 Å². The highest BCUT2D eigenvalue weighted by Gasteiger charge is 2.12. The molecule has 0 fully saturated rings. The van der Waals surface area contributed by atoms with Gasteiger partial charge in [0.15, 0.2) is 0 Å². The molecule has 0 saturated heterocycles. The van der Waals surface area contributed by atoms with E-state index in [1.165, 1.54) is 15.3 Å². The maximum Gasteiger partial charge on any atom is 0.230 e. The Balaban J connectivity index is 1.89. The number of amides is 1. The molecule has 2 rings (SSSR count). The summed E-state index contributed by atoms with van der Waals surface area (Å²) in [5, 5.41) is 5.14. The molecule has 2 nitrogen and oxygen atoms in total. The van der Waals surface area contributed by atoms with E-state index in [2.05, 4.69) is 43.4 Å². The van der Waals surface area contributed by atoms with E-state index in [-0.39, 0.29) is 11.9 Å². The van der Waals surface area contributed by atoms with Gasteiger partial charge in [0.05, 0.1) is 16.0 Å². The molecule has 0 radical (unpaired) electrons. The van der Waals surface area contributed by atoms with Gasteiger partial charge in [0, 0.05) is 0 Å². The molecular formula is C16H19NOS2. The molecule has 0 saturated carbocycles. The third-order valence-electron chi connectivity index (χ3n) is 3.06. The highest BCUT2D eigenvalue weighted by atomic mass is 32.2. The van der Waals surface area contributed by atoms with E-state index in [0.29, 0.717) is 5.75 Å². The number of carbonyl (C=O) groups is 1. The van der Waals surface area contributed by atoms with Crippen molar-refractivity contribution < 1.29 is 4.79 Å². The van der Waals surface area contributed by atoms with Crippen LogP contribution >= 0.6 is 23.1 Å². The molecule has 0 bridgehead atoms. The van der Waals surface area contributed by atoms with E-state index >= 15 is 0 Å². The molecule has 1 aromatic heterocycles.